The Kier molecular flexibility index (Phi) is 5.42. The van der Waals surface area contributed by atoms with Crippen LogP contribution in [0.2, 0.25) is 0 Å². The van der Waals surface area contributed by atoms with Gasteiger partial charge in [-0.05, 0) is 67.1 Å². The number of aryl methyl sites for hydroxylation is 2. The topological polar surface area (TPSA) is 69.0 Å². The van der Waals surface area contributed by atoms with Gasteiger partial charge in [0.2, 0.25) is 5.95 Å². The lowest BCUT2D eigenvalue weighted by Crippen LogP contribution is -2.24. The summed E-state index contributed by atoms with van der Waals surface area (Å²) < 4.78 is 6.98. The summed E-state index contributed by atoms with van der Waals surface area (Å²) in [7, 11) is 1.64. The Morgan fingerprint density at radius 1 is 1.13 bits per heavy atom. The molecule has 1 N–H and O–H groups in total. The third-order valence-corrected chi connectivity index (χ3v) is 6.93. The molecule has 5 rings (SSSR count). The smallest absolute Gasteiger partial charge is 0.268 e. The number of hydrogen-bond donors (Lipinski definition) is 1. The van der Waals surface area contributed by atoms with Gasteiger partial charge in [-0.1, -0.05) is 12.5 Å². The van der Waals surface area contributed by atoms with Gasteiger partial charge in [0.25, 0.3) is 5.56 Å². The molecule has 3 aromatic heterocycles. The van der Waals surface area contributed by atoms with Crippen molar-refractivity contribution >= 4 is 27.5 Å². The van der Waals surface area contributed by atoms with E-state index in [0.717, 1.165) is 46.5 Å². The summed E-state index contributed by atoms with van der Waals surface area (Å²) in [6, 6.07) is 11.4. The molecule has 6 nitrogen and oxygen atoms in total. The predicted molar refractivity (Wildman–Crippen MR) is 125 cm³/mol. The first-order valence-corrected chi connectivity index (χ1v) is 11.4. The third-order valence-electron chi connectivity index (χ3n) is 5.74. The van der Waals surface area contributed by atoms with Crippen LogP contribution in [0, 0.1) is 0 Å². The summed E-state index contributed by atoms with van der Waals surface area (Å²) in [5, 5.41) is 4.15. The summed E-state index contributed by atoms with van der Waals surface area (Å²) in [5.41, 5.74) is 2.99. The molecular weight excluding hydrogens is 408 g/mol. The number of fused-ring (bicyclic) bond motifs is 3. The number of nitrogens with one attached hydrogen (secondary N) is 1. The summed E-state index contributed by atoms with van der Waals surface area (Å²) in [5.74, 6) is 1.29. The molecule has 0 bridgehead atoms. The average Bonchev–Trinajstić information content (AvgIpc) is 3.00. The average molecular weight is 433 g/mol. The van der Waals surface area contributed by atoms with E-state index in [0.29, 0.717) is 12.5 Å². The Morgan fingerprint density at radius 3 is 2.74 bits per heavy atom. The van der Waals surface area contributed by atoms with Crippen LogP contribution in [0.1, 0.15) is 35.3 Å². The fourth-order valence-corrected chi connectivity index (χ4v) is 5.41. The summed E-state index contributed by atoms with van der Waals surface area (Å²) >= 11 is 1.68. The molecule has 0 radical (unpaired) electrons. The Labute approximate surface area is 184 Å². The van der Waals surface area contributed by atoms with Crippen LogP contribution in [0.15, 0.2) is 53.6 Å². The molecule has 4 aromatic rings. The molecule has 0 saturated heterocycles. The highest BCUT2D eigenvalue weighted by atomic mass is 32.1. The highest BCUT2D eigenvalue weighted by Crippen LogP contribution is 2.34. The van der Waals surface area contributed by atoms with Crippen LogP contribution in [0.5, 0.6) is 5.75 Å². The van der Waals surface area contributed by atoms with Gasteiger partial charge in [0, 0.05) is 23.8 Å². The summed E-state index contributed by atoms with van der Waals surface area (Å²) in [6.07, 6.45) is 9.08. The zero-order valence-electron chi connectivity index (χ0n) is 17.4. The molecule has 1 aromatic carbocycles. The van der Waals surface area contributed by atoms with Crippen molar-refractivity contribution in [2.75, 3.05) is 12.4 Å². The van der Waals surface area contributed by atoms with E-state index in [9.17, 15) is 4.79 Å². The van der Waals surface area contributed by atoms with Crippen molar-refractivity contribution in [1.82, 2.24) is 14.5 Å². The molecule has 0 aliphatic heterocycles. The van der Waals surface area contributed by atoms with Gasteiger partial charge in [0.15, 0.2) is 0 Å². The number of pyridine rings is 1. The van der Waals surface area contributed by atoms with Gasteiger partial charge in [0.1, 0.15) is 10.6 Å². The fraction of sp³-hybridized carbons (Fsp3) is 0.292. The standard InChI is InChI=1S/C24H24N4O2S/c1-30-18-11-9-17(10-12-18)28-23(29)21-19-7-3-2-4-8-20(19)31-22(21)27-24(28)26-15-16-6-5-13-25-14-16/h5-6,9-14H,2-4,7-8,15H2,1H3,(H,26,27). The van der Waals surface area contributed by atoms with E-state index in [2.05, 4.69) is 10.3 Å². The van der Waals surface area contributed by atoms with Crippen LogP contribution >= 0.6 is 11.3 Å². The molecule has 7 heteroatoms. The first kappa shape index (κ1) is 19.8. The van der Waals surface area contributed by atoms with Crippen molar-refractivity contribution in [3.63, 3.8) is 0 Å². The Morgan fingerprint density at radius 2 is 1.97 bits per heavy atom. The minimum absolute atomic E-state index is 0.0109. The fourth-order valence-electron chi connectivity index (χ4n) is 4.15. The molecule has 0 amide bonds. The van der Waals surface area contributed by atoms with E-state index in [-0.39, 0.29) is 5.56 Å². The molecule has 158 valence electrons. The van der Waals surface area contributed by atoms with E-state index in [1.807, 2.05) is 42.6 Å². The number of thiophene rings is 1. The SMILES string of the molecule is COc1ccc(-n2c(NCc3cccnc3)nc3sc4c(c3c2=O)CCCCC4)cc1. The molecule has 0 unspecified atom stereocenters. The number of aromatic nitrogens is 3. The first-order chi connectivity index (χ1) is 15.2. The first-order valence-electron chi connectivity index (χ1n) is 10.6. The molecule has 0 atom stereocenters. The van der Waals surface area contributed by atoms with Crippen LogP contribution in [0.3, 0.4) is 0 Å². The van der Waals surface area contributed by atoms with E-state index in [1.165, 1.54) is 23.3 Å². The minimum atomic E-state index is -0.0109. The molecule has 1 aliphatic rings. The Hall–Kier alpha value is -3.19. The largest absolute Gasteiger partial charge is 0.497 e. The Balaban J connectivity index is 1.66. The van der Waals surface area contributed by atoms with Gasteiger partial charge in [-0.25, -0.2) is 9.55 Å². The van der Waals surface area contributed by atoms with Crippen molar-refractivity contribution in [1.29, 1.82) is 0 Å². The van der Waals surface area contributed by atoms with Crippen LogP contribution in [0.4, 0.5) is 5.95 Å². The Bertz CT molecular complexity index is 1260. The number of rotatable bonds is 5. The number of nitrogens with zero attached hydrogens (tertiary/aromatic N) is 3. The van der Waals surface area contributed by atoms with Crippen molar-refractivity contribution < 1.29 is 4.74 Å². The van der Waals surface area contributed by atoms with E-state index >= 15 is 0 Å². The maximum atomic E-state index is 13.8. The zero-order valence-corrected chi connectivity index (χ0v) is 18.2. The number of ether oxygens (including phenoxy) is 1. The normalized spacial score (nSPS) is 13.6. The number of anilines is 1. The van der Waals surface area contributed by atoms with E-state index < -0.39 is 0 Å². The van der Waals surface area contributed by atoms with Gasteiger partial charge in [-0.15, -0.1) is 11.3 Å². The van der Waals surface area contributed by atoms with Gasteiger partial charge < -0.3 is 10.1 Å². The minimum Gasteiger partial charge on any atom is -0.497 e. The lowest BCUT2D eigenvalue weighted by Gasteiger charge is -2.15. The number of methoxy groups -OCH3 is 1. The molecule has 0 spiro atoms. The van der Waals surface area contributed by atoms with Crippen molar-refractivity contribution in [2.24, 2.45) is 0 Å². The second-order valence-corrected chi connectivity index (χ2v) is 8.82. The second kappa shape index (κ2) is 8.51. The molecular formula is C24H24N4O2S. The number of benzene rings is 1. The quantitative estimate of drug-likeness (QED) is 0.462. The van der Waals surface area contributed by atoms with Crippen LogP contribution in [-0.4, -0.2) is 21.6 Å². The molecule has 0 saturated carbocycles. The van der Waals surface area contributed by atoms with E-state index in [1.54, 1.807) is 29.2 Å². The van der Waals surface area contributed by atoms with Crippen molar-refractivity contribution in [3.05, 3.63) is 75.1 Å². The summed E-state index contributed by atoms with van der Waals surface area (Å²) in [6.45, 7) is 0.535. The summed E-state index contributed by atoms with van der Waals surface area (Å²) in [4.78, 5) is 25.1. The molecule has 3 heterocycles. The zero-order chi connectivity index (χ0) is 21.2. The lowest BCUT2D eigenvalue weighted by molar-refractivity contribution is 0.414. The third kappa shape index (κ3) is 3.81. The van der Waals surface area contributed by atoms with Crippen molar-refractivity contribution in [2.45, 2.75) is 38.6 Å². The number of hydrogen-bond acceptors (Lipinski definition) is 6. The second-order valence-electron chi connectivity index (χ2n) is 7.73. The van der Waals surface area contributed by atoms with Gasteiger partial charge >= 0.3 is 0 Å². The van der Waals surface area contributed by atoms with Gasteiger partial charge in [-0.3, -0.25) is 9.78 Å². The maximum Gasteiger partial charge on any atom is 0.268 e. The van der Waals surface area contributed by atoms with Crippen molar-refractivity contribution in [3.8, 4) is 11.4 Å². The predicted octanol–water partition coefficient (Wildman–Crippen LogP) is 4.73. The van der Waals surface area contributed by atoms with Gasteiger partial charge in [0.05, 0.1) is 18.2 Å². The molecule has 1 aliphatic carbocycles. The highest BCUT2D eigenvalue weighted by Gasteiger charge is 2.22. The van der Waals surface area contributed by atoms with E-state index in [4.69, 9.17) is 9.72 Å². The maximum absolute atomic E-state index is 13.8. The molecule has 31 heavy (non-hydrogen) atoms. The van der Waals surface area contributed by atoms with Crippen LogP contribution < -0.4 is 15.6 Å². The van der Waals surface area contributed by atoms with Gasteiger partial charge in [-0.2, -0.15) is 0 Å². The monoisotopic (exact) mass is 432 g/mol. The highest BCUT2D eigenvalue weighted by molar-refractivity contribution is 7.18. The molecule has 0 fully saturated rings. The lowest BCUT2D eigenvalue weighted by atomic mass is 10.1. The van der Waals surface area contributed by atoms with Crippen LogP contribution in [-0.2, 0) is 19.4 Å². The van der Waals surface area contributed by atoms with Crippen LogP contribution in [0.25, 0.3) is 15.9 Å².